The third-order valence-corrected chi connectivity index (χ3v) is 6.24. The minimum Gasteiger partial charge on any atom is -0.439 e. The number of pyridine rings is 1. The molecular weight excluding hydrogens is 350 g/mol. The molecule has 2 saturated carbocycles. The van der Waals surface area contributed by atoms with E-state index in [0.29, 0.717) is 17.5 Å². The molecule has 0 spiro atoms. The Kier molecular flexibility index (Phi) is 4.77. The van der Waals surface area contributed by atoms with E-state index in [1.54, 1.807) is 18.3 Å². The van der Waals surface area contributed by atoms with Gasteiger partial charge in [0.25, 0.3) is 5.91 Å². The van der Waals surface area contributed by atoms with Crippen molar-refractivity contribution in [1.29, 1.82) is 0 Å². The van der Waals surface area contributed by atoms with Crippen molar-refractivity contribution in [3.8, 4) is 11.6 Å². The minimum absolute atomic E-state index is 0.0532. The Morgan fingerprint density at radius 3 is 2.54 bits per heavy atom. The smallest absolute Gasteiger partial charge is 0.253 e. The van der Waals surface area contributed by atoms with E-state index in [0.717, 1.165) is 44.0 Å². The van der Waals surface area contributed by atoms with Crippen molar-refractivity contribution in [2.75, 3.05) is 13.1 Å². The maximum Gasteiger partial charge on any atom is 0.253 e. The van der Waals surface area contributed by atoms with Gasteiger partial charge in [-0.1, -0.05) is 12.5 Å². The van der Waals surface area contributed by atoms with Gasteiger partial charge in [0.15, 0.2) is 0 Å². The van der Waals surface area contributed by atoms with Crippen LogP contribution in [0.2, 0.25) is 0 Å². The molecule has 2 aromatic rings. The number of rotatable bonds is 5. The zero-order valence-corrected chi connectivity index (χ0v) is 16.2. The van der Waals surface area contributed by atoms with Gasteiger partial charge < -0.3 is 10.1 Å². The normalized spacial score (nSPS) is 20.0. The Hall–Kier alpha value is -2.40. The number of carbonyl (C=O) groups excluding carboxylic acids is 1. The van der Waals surface area contributed by atoms with Crippen LogP contribution in [0.25, 0.3) is 0 Å². The highest BCUT2D eigenvalue weighted by Crippen LogP contribution is 2.29. The van der Waals surface area contributed by atoms with Crippen molar-refractivity contribution in [1.82, 2.24) is 15.2 Å². The van der Waals surface area contributed by atoms with Gasteiger partial charge in [-0.05, 0) is 67.9 Å². The number of benzene rings is 1. The number of ether oxygens (including phenoxy) is 1. The molecular formula is C23H27N3O2. The molecule has 1 aromatic heterocycles. The first-order valence-corrected chi connectivity index (χ1v) is 10.6. The van der Waals surface area contributed by atoms with E-state index in [9.17, 15) is 4.79 Å². The van der Waals surface area contributed by atoms with Gasteiger partial charge in [0.1, 0.15) is 5.75 Å². The Morgan fingerprint density at radius 1 is 1.04 bits per heavy atom. The summed E-state index contributed by atoms with van der Waals surface area (Å²) in [4.78, 5) is 19.0. The average molecular weight is 377 g/mol. The monoisotopic (exact) mass is 377 g/mol. The standard InChI is InChI=1S/C23H27N3O2/c27-23(25-19-6-7-19)18-5-9-22(24-15-18)28-21-8-4-16-10-12-26(20-2-1-3-20)13-11-17(16)14-21/h4-5,8-9,14-15,19-20H,1-3,6-7,10-13H2,(H,25,27). The van der Waals surface area contributed by atoms with E-state index in [4.69, 9.17) is 4.74 Å². The van der Waals surface area contributed by atoms with Crippen LogP contribution in [0.1, 0.15) is 53.6 Å². The summed E-state index contributed by atoms with van der Waals surface area (Å²) < 4.78 is 5.96. The molecule has 1 aliphatic heterocycles. The molecule has 0 unspecified atom stereocenters. The number of amides is 1. The lowest BCUT2D eigenvalue weighted by Crippen LogP contribution is -2.41. The number of carbonyl (C=O) groups is 1. The van der Waals surface area contributed by atoms with Gasteiger partial charge in [-0.2, -0.15) is 0 Å². The van der Waals surface area contributed by atoms with Crippen LogP contribution in [0.15, 0.2) is 36.5 Å². The molecule has 5 heteroatoms. The molecule has 0 atom stereocenters. The van der Waals surface area contributed by atoms with Crippen LogP contribution in [0.4, 0.5) is 0 Å². The summed E-state index contributed by atoms with van der Waals surface area (Å²) in [5.74, 6) is 1.29. The number of hydrogen-bond donors (Lipinski definition) is 1. The van der Waals surface area contributed by atoms with Crippen LogP contribution >= 0.6 is 0 Å². The fourth-order valence-electron chi connectivity index (χ4n) is 4.09. The third kappa shape index (κ3) is 3.90. The second-order valence-corrected chi connectivity index (χ2v) is 8.29. The van der Waals surface area contributed by atoms with Crippen LogP contribution in [0, 0.1) is 0 Å². The highest BCUT2D eigenvalue weighted by atomic mass is 16.5. The van der Waals surface area contributed by atoms with Crippen LogP contribution in [-0.2, 0) is 12.8 Å². The van der Waals surface area contributed by atoms with Gasteiger partial charge in [0, 0.05) is 37.4 Å². The van der Waals surface area contributed by atoms with Crippen molar-refractivity contribution in [3.63, 3.8) is 0 Å². The van der Waals surface area contributed by atoms with E-state index in [1.165, 1.54) is 36.9 Å². The first kappa shape index (κ1) is 17.7. The Labute approximate surface area is 166 Å². The van der Waals surface area contributed by atoms with E-state index in [2.05, 4.69) is 27.3 Å². The Morgan fingerprint density at radius 2 is 1.86 bits per heavy atom. The predicted octanol–water partition coefficient (Wildman–Crippen LogP) is 3.72. The molecule has 5 nitrogen and oxygen atoms in total. The zero-order chi connectivity index (χ0) is 18.9. The van der Waals surface area contributed by atoms with Crippen LogP contribution in [-0.4, -0.2) is 41.0 Å². The summed E-state index contributed by atoms with van der Waals surface area (Å²) in [5, 5.41) is 2.98. The molecule has 2 heterocycles. The van der Waals surface area contributed by atoms with Gasteiger partial charge in [-0.15, -0.1) is 0 Å². The number of aromatic nitrogens is 1. The van der Waals surface area contributed by atoms with Gasteiger partial charge in [0.05, 0.1) is 5.56 Å². The number of fused-ring (bicyclic) bond motifs is 1. The van der Waals surface area contributed by atoms with Crippen LogP contribution in [0.3, 0.4) is 0 Å². The maximum atomic E-state index is 12.1. The van der Waals surface area contributed by atoms with Crippen molar-refractivity contribution in [2.24, 2.45) is 0 Å². The molecule has 146 valence electrons. The molecule has 0 radical (unpaired) electrons. The summed E-state index contributed by atoms with van der Waals surface area (Å²) in [6.07, 6.45) is 10.1. The van der Waals surface area contributed by atoms with E-state index >= 15 is 0 Å². The lowest BCUT2D eigenvalue weighted by Gasteiger charge is -2.36. The quantitative estimate of drug-likeness (QED) is 0.863. The molecule has 3 aliphatic rings. The fraction of sp³-hybridized carbons (Fsp3) is 0.478. The third-order valence-electron chi connectivity index (χ3n) is 6.24. The maximum absolute atomic E-state index is 12.1. The first-order chi connectivity index (χ1) is 13.7. The molecule has 0 saturated heterocycles. The van der Waals surface area contributed by atoms with Crippen molar-refractivity contribution in [3.05, 3.63) is 53.2 Å². The topological polar surface area (TPSA) is 54.5 Å². The van der Waals surface area contributed by atoms with E-state index in [-0.39, 0.29) is 5.91 Å². The highest BCUT2D eigenvalue weighted by molar-refractivity contribution is 5.94. The molecule has 0 bridgehead atoms. The number of hydrogen-bond acceptors (Lipinski definition) is 4. The highest BCUT2D eigenvalue weighted by Gasteiger charge is 2.26. The predicted molar refractivity (Wildman–Crippen MR) is 108 cm³/mol. The summed E-state index contributed by atoms with van der Waals surface area (Å²) >= 11 is 0. The molecule has 2 aliphatic carbocycles. The van der Waals surface area contributed by atoms with Crippen LogP contribution < -0.4 is 10.1 Å². The Bertz CT molecular complexity index is 857. The summed E-state index contributed by atoms with van der Waals surface area (Å²) in [6.45, 7) is 2.31. The molecule has 1 amide bonds. The lowest BCUT2D eigenvalue weighted by molar-refractivity contribution is 0.0950. The fourth-order valence-corrected chi connectivity index (χ4v) is 4.09. The Balaban J connectivity index is 1.23. The second-order valence-electron chi connectivity index (χ2n) is 8.29. The van der Waals surface area contributed by atoms with Gasteiger partial charge >= 0.3 is 0 Å². The summed E-state index contributed by atoms with van der Waals surface area (Å²) in [7, 11) is 0. The largest absolute Gasteiger partial charge is 0.439 e. The molecule has 2 fully saturated rings. The number of nitrogens with one attached hydrogen (secondary N) is 1. The molecule has 1 aromatic carbocycles. The minimum atomic E-state index is -0.0532. The molecule has 28 heavy (non-hydrogen) atoms. The van der Waals surface area contributed by atoms with E-state index < -0.39 is 0 Å². The van der Waals surface area contributed by atoms with Crippen molar-refractivity contribution >= 4 is 5.91 Å². The van der Waals surface area contributed by atoms with Crippen molar-refractivity contribution < 1.29 is 9.53 Å². The SMILES string of the molecule is O=C(NC1CC1)c1ccc(Oc2ccc3c(c2)CCN(C2CCC2)CC3)nc1. The average Bonchev–Trinajstić information content (AvgIpc) is 3.49. The zero-order valence-electron chi connectivity index (χ0n) is 16.2. The van der Waals surface area contributed by atoms with Gasteiger partial charge in [-0.3, -0.25) is 9.69 Å². The number of nitrogens with zero attached hydrogens (tertiary/aromatic N) is 2. The van der Waals surface area contributed by atoms with Gasteiger partial charge in [-0.25, -0.2) is 4.98 Å². The molecule has 1 N–H and O–H groups in total. The van der Waals surface area contributed by atoms with Gasteiger partial charge in [0.2, 0.25) is 5.88 Å². The lowest BCUT2D eigenvalue weighted by atomic mass is 9.91. The summed E-state index contributed by atoms with van der Waals surface area (Å²) in [5.41, 5.74) is 3.41. The van der Waals surface area contributed by atoms with Crippen molar-refractivity contribution in [2.45, 2.75) is 57.0 Å². The first-order valence-electron chi connectivity index (χ1n) is 10.6. The van der Waals surface area contributed by atoms with E-state index in [1.807, 2.05) is 6.07 Å². The van der Waals surface area contributed by atoms with Crippen LogP contribution in [0.5, 0.6) is 11.6 Å². The second kappa shape index (κ2) is 7.55. The summed E-state index contributed by atoms with van der Waals surface area (Å²) in [6, 6.07) is 11.1. The molecule has 5 rings (SSSR count).